The molecule has 0 saturated heterocycles. The van der Waals surface area contributed by atoms with Crippen LogP contribution >= 0.6 is 0 Å². The number of hydrogen-bond donors (Lipinski definition) is 2. The van der Waals surface area contributed by atoms with Crippen LogP contribution in [-0.2, 0) is 38.8 Å². The van der Waals surface area contributed by atoms with Gasteiger partial charge >= 0.3 is 0 Å². The minimum absolute atomic E-state index is 0. The van der Waals surface area contributed by atoms with Crippen LogP contribution in [0.1, 0.15) is 0 Å². The first kappa shape index (κ1) is 15.7. The molecule has 0 rings (SSSR count). The molecular formula is C2H6MnO2Ti. The molecule has 6 heavy (non-hydrogen) atoms. The van der Waals surface area contributed by atoms with E-state index in [2.05, 4.69) is 0 Å². The molecule has 0 aliphatic rings. The van der Waals surface area contributed by atoms with Gasteiger partial charge in [0.15, 0.2) is 0 Å². The summed E-state index contributed by atoms with van der Waals surface area (Å²) in [5.41, 5.74) is 0. The molecule has 0 saturated carbocycles. The van der Waals surface area contributed by atoms with Crippen molar-refractivity contribution in [3.63, 3.8) is 0 Å². The van der Waals surface area contributed by atoms with Crippen molar-refractivity contribution < 1.29 is 49.0 Å². The van der Waals surface area contributed by atoms with Gasteiger partial charge in [0.2, 0.25) is 0 Å². The van der Waals surface area contributed by atoms with Crippen molar-refractivity contribution in [3.05, 3.63) is 0 Å². The van der Waals surface area contributed by atoms with Gasteiger partial charge in [0, 0.05) is 38.8 Å². The maximum absolute atomic E-state index is 7.62. The molecule has 0 aromatic carbocycles. The van der Waals surface area contributed by atoms with E-state index in [4.69, 9.17) is 10.2 Å². The molecule has 0 unspecified atom stereocenters. The fraction of sp³-hybridized carbons (Fsp3) is 1.00. The van der Waals surface area contributed by atoms with E-state index in [1.54, 1.807) is 0 Å². The third-order valence-electron chi connectivity index (χ3n) is 0.1000. The van der Waals surface area contributed by atoms with Crippen LogP contribution in [0, 0.1) is 0 Å². The standard InChI is InChI=1S/C2H6O2.Mn.Ti/c3-1-2-4;;/h3-4H,1-2H2;;. The molecule has 2 N–H and O–H groups in total. The summed E-state index contributed by atoms with van der Waals surface area (Å²) in [7, 11) is 0. The maximum atomic E-state index is 7.62. The van der Waals surface area contributed by atoms with Gasteiger partial charge in [0.05, 0.1) is 13.2 Å². The van der Waals surface area contributed by atoms with Crippen molar-refractivity contribution >= 4 is 0 Å². The molecule has 0 heterocycles. The Morgan fingerprint density at radius 3 is 1.17 bits per heavy atom. The molecule has 0 aromatic heterocycles. The summed E-state index contributed by atoms with van der Waals surface area (Å²) >= 11 is 0. The number of hydrogen-bond acceptors (Lipinski definition) is 2. The Kier molecular flexibility index (Phi) is 43.0. The zero-order valence-electron chi connectivity index (χ0n) is 3.19. The molecule has 0 atom stereocenters. The van der Waals surface area contributed by atoms with E-state index in [0.29, 0.717) is 0 Å². The molecule has 37 valence electrons. The Morgan fingerprint density at radius 2 is 1.17 bits per heavy atom. The summed E-state index contributed by atoms with van der Waals surface area (Å²) in [4.78, 5) is 0. The largest absolute Gasteiger partial charge is 0.394 e. The van der Waals surface area contributed by atoms with Crippen LogP contribution in [0.3, 0.4) is 0 Å². The summed E-state index contributed by atoms with van der Waals surface area (Å²) < 4.78 is 0. The second-order valence-corrected chi connectivity index (χ2v) is 0.447. The Bertz CT molecular complexity index is 13.5. The van der Waals surface area contributed by atoms with E-state index in [-0.39, 0.29) is 52.0 Å². The van der Waals surface area contributed by atoms with E-state index >= 15 is 0 Å². The molecule has 1 radical (unpaired) electrons. The molecule has 0 aliphatic carbocycles. The van der Waals surface area contributed by atoms with Crippen LogP contribution < -0.4 is 0 Å². The van der Waals surface area contributed by atoms with Gasteiger partial charge in [-0.15, -0.1) is 0 Å². The second-order valence-electron chi connectivity index (χ2n) is 0.447. The first-order chi connectivity index (χ1) is 1.91. The first-order valence-electron chi connectivity index (χ1n) is 1.13. The van der Waals surface area contributed by atoms with Gasteiger partial charge in [0.1, 0.15) is 0 Å². The zero-order chi connectivity index (χ0) is 3.41. The zero-order valence-corrected chi connectivity index (χ0v) is 5.93. The van der Waals surface area contributed by atoms with E-state index in [0.717, 1.165) is 0 Å². The summed E-state index contributed by atoms with van der Waals surface area (Å²) in [6, 6.07) is 0. The van der Waals surface area contributed by atoms with Gasteiger partial charge in [-0.25, -0.2) is 0 Å². The smallest absolute Gasteiger partial charge is 0.0662 e. The quantitative estimate of drug-likeness (QED) is 0.487. The minimum Gasteiger partial charge on any atom is -0.394 e. The van der Waals surface area contributed by atoms with Gasteiger partial charge < -0.3 is 10.2 Å². The normalized spacial score (nSPS) is 5.00. The van der Waals surface area contributed by atoms with Crippen molar-refractivity contribution in [1.29, 1.82) is 0 Å². The van der Waals surface area contributed by atoms with Gasteiger partial charge in [-0.05, 0) is 0 Å². The van der Waals surface area contributed by atoms with Crippen LogP contribution in [0.15, 0.2) is 0 Å². The second kappa shape index (κ2) is 16.4. The Morgan fingerprint density at radius 1 is 1.00 bits per heavy atom. The Labute approximate surface area is 62.3 Å². The summed E-state index contributed by atoms with van der Waals surface area (Å²) in [6.07, 6.45) is 0. The van der Waals surface area contributed by atoms with Crippen molar-refractivity contribution in [3.8, 4) is 0 Å². The number of aliphatic hydroxyl groups excluding tert-OH is 2. The Hall–Kier alpha value is 1.15. The van der Waals surface area contributed by atoms with E-state index in [9.17, 15) is 0 Å². The van der Waals surface area contributed by atoms with Gasteiger partial charge in [-0.3, -0.25) is 0 Å². The Balaban J connectivity index is -0.0000000450. The van der Waals surface area contributed by atoms with Crippen molar-refractivity contribution in [2.24, 2.45) is 0 Å². The van der Waals surface area contributed by atoms with Crippen LogP contribution in [0.4, 0.5) is 0 Å². The average Bonchev–Trinajstić information content (AvgIpc) is 1.37. The van der Waals surface area contributed by atoms with Crippen LogP contribution in [-0.4, -0.2) is 23.4 Å². The molecule has 0 aliphatic heterocycles. The van der Waals surface area contributed by atoms with Crippen molar-refractivity contribution in [2.45, 2.75) is 0 Å². The molecule has 0 aromatic rings. The van der Waals surface area contributed by atoms with Crippen LogP contribution in [0.25, 0.3) is 0 Å². The van der Waals surface area contributed by atoms with Gasteiger partial charge in [-0.1, -0.05) is 0 Å². The fourth-order valence-corrected chi connectivity index (χ4v) is 0. The van der Waals surface area contributed by atoms with E-state index in [1.807, 2.05) is 0 Å². The summed E-state index contributed by atoms with van der Waals surface area (Å²) in [5.74, 6) is 0. The van der Waals surface area contributed by atoms with Gasteiger partial charge in [0.25, 0.3) is 0 Å². The van der Waals surface area contributed by atoms with E-state index in [1.165, 1.54) is 0 Å². The summed E-state index contributed by atoms with van der Waals surface area (Å²) in [6.45, 7) is -0.250. The van der Waals surface area contributed by atoms with Crippen LogP contribution in [0.2, 0.25) is 0 Å². The van der Waals surface area contributed by atoms with Crippen molar-refractivity contribution in [2.75, 3.05) is 13.2 Å². The third kappa shape index (κ3) is 19.2. The first-order valence-corrected chi connectivity index (χ1v) is 1.13. The molecule has 0 spiro atoms. The third-order valence-corrected chi connectivity index (χ3v) is 0.1000. The van der Waals surface area contributed by atoms with E-state index < -0.39 is 0 Å². The number of rotatable bonds is 1. The fourth-order valence-electron chi connectivity index (χ4n) is 0. The van der Waals surface area contributed by atoms with Crippen molar-refractivity contribution in [1.82, 2.24) is 0 Å². The molecule has 0 fully saturated rings. The number of aliphatic hydroxyl groups is 2. The van der Waals surface area contributed by atoms with Crippen LogP contribution in [0.5, 0.6) is 0 Å². The monoisotopic (exact) mass is 165 g/mol. The molecule has 2 nitrogen and oxygen atoms in total. The molecule has 4 heteroatoms. The predicted octanol–water partition coefficient (Wildman–Crippen LogP) is -1.03. The SMILES string of the molecule is OCCO.[Mn].[Ti]. The average molecular weight is 165 g/mol. The molecule has 0 amide bonds. The topological polar surface area (TPSA) is 40.5 Å². The minimum atomic E-state index is -0.125. The summed E-state index contributed by atoms with van der Waals surface area (Å²) in [5, 5.41) is 15.2. The maximum Gasteiger partial charge on any atom is 0.0662 e. The predicted molar refractivity (Wildman–Crippen MR) is 14.2 cm³/mol. The molecule has 0 bridgehead atoms. The van der Waals surface area contributed by atoms with Gasteiger partial charge in [-0.2, -0.15) is 0 Å². The molecular weight excluding hydrogens is 159 g/mol.